The molecule has 0 spiro atoms. The lowest BCUT2D eigenvalue weighted by molar-refractivity contribution is 0.0930. The molecule has 1 saturated carbocycles. The molecule has 2 saturated heterocycles. The van der Waals surface area contributed by atoms with Crippen LogP contribution in [-0.4, -0.2) is 23.7 Å². The molecule has 0 radical (unpaired) electrons. The molecule has 0 aromatic rings. The van der Waals surface area contributed by atoms with Crippen LogP contribution in [0.2, 0.25) is 0 Å². The minimum absolute atomic E-state index is 0.0483. The van der Waals surface area contributed by atoms with E-state index < -0.39 is 0 Å². The standard InChI is InChI=1S/C9H15N3O/c1-6-11-12-8(13-6)9-4-2-3-7(5-9)10-9/h6-7,10-11H,2-5H2,1H3. The quantitative estimate of drug-likeness (QED) is 0.621. The van der Waals surface area contributed by atoms with Crippen molar-refractivity contribution in [3.8, 4) is 0 Å². The zero-order valence-corrected chi connectivity index (χ0v) is 7.84. The average molecular weight is 181 g/mol. The molecule has 4 nitrogen and oxygen atoms in total. The van der Waals surface area contributed by atoms with Gasteiger partial charge in [0.2, 0.25) is 5.90 Å². The lowest BCUT2D eigenvalue weighted by Crippen LogP contribution is -2.70. The van der Waals surface area contributed by atoms with Gasteiger partial charge in [-0.05, 0) is 32.6 Å². The Kier molecular flexibility index (Phi) is 1.39. The van der Waals surface area contributed by atoms with Gasteiger partial charge in [0.05, 0.1) is 5.54 Å². The molecule has 3 unspecified atom stereocenters. The molecule has 4 rings (SSSR count). The normalized spacial score (nSPS) is 47.3. The van der Waals surface area contributed by atoms with Gasteiger partial charge in [-0.2, -0.15) is 0 Å². The Hall–Kier alpha value is -0.770. The summed E-state index contributed by atoms with van der Waals surface area (Å²) < 4.78 is 5.62. The van der Waals surface area contributed by atoms with Crippen LogP contribution in [0.5, 0.6) is 0 Å². The van der Waals surface area contributed by atoms with Gasteiger partial charge in [0, 0.05) is 6.04 Å². The summed E-state index contributed by atoms with van der Waals surface area (Å²) in [5.41, 5.74) is 3.04. The Bertz CT molecular complexity index is 252. The first kappa shape index (κ1) is 7.62. The van der Waals surface area contributed by atoms with Gasteiger partial charge in [0.1, 0.15) is 0 Å². The molecule has 3 atom stereocenters. The molecule has 0 amide bonds. The zero-order valence-electron chi connectivity index (χ0n) is 7.84. The summed E-state index contributed by atoms with van der Waals surface area (Å²) in [5, 5.41) is 7.79. The molecule has 1 aliphatic carbocycles. The summed E-state index contributed by atoms with van der Waals surface area (Å²) in [4.78, 5) is 0. The van der Waals surface area contributed by atoms with Crippen LogP contribution in [-0.2, 0) is 4.74 Å². The maximum Gasteiger partial charge on any atom is 0.228 e. The molecule has 13 heavy (non-hydrogen) atoms. The first-order valence-electron chi connectivity index (χ1n) is 5.07. The molecule has 4 aliphatic rings. The molecule has 0 aromatic carbocycles. The second kappa shape index (κ2) is 2.38. The number of piperidine rings is 1. The number of rotatable bonds is 1. The van der Waals surface area contributed by atoms with Crippen LogP contribution < -0.4 is 10.7 Å². The number of hydrogen-bond acceptors (Lipinski definition) is 4. The average Bonchev–Trinajstić information content (AvgIpc) is 2.52. The fourth-order valence-corrected chi connectivity index (χ4v) is 2.63. The maximum atomic E-state index is 5.62. The number of hydrazone groups is 1. The van der Waals surface area contributed by atoms with E-state index in [4.69, 9.17) is 4.74 Å². The molecule has 3 aliphatic heterocycles. The van der Waals surface area contributed by atoms with Crippen LogP contribution in [0.15, 0.2) is 5.10 Å². The van der Waals surface area contributed by atoms with Crippen molar-refractivity contribution in [2.24, 2.45) is 5.10 Å². The molecule has 2 bridgehead atoms. The Morgan fingerprint density at radius 3 is 3.00 bits per heavy atom. The Morgan fingerprint density at radius 1 is 1.62 bits per heavy atom. The second-order valence-corrected chi connectivity index (χ2v) is 4.33. The molecule has 3 fully saturated rings. The Balaban J connectivity index is 1.78. The number of nitrogens with zero attached hydrogens (tertiary/aromatic N) is 1. The predicted octanol–water partition coefficient (Wildman–Crippen LogP) is 0.550. The van der Waals surface area contributed by atoms with Crippen molar-refractivity contribution in [1.82, 2.24) is 10.7 Å². The third kappa shape index (κ3) is 0.981. The lowest BCUT2D eigenvalue weighted by Gasteiger charge is -2.52. The van der Waals surface area contributed by atoms with Crippen LogP contribution in [0, 0.1) is 0 Å². The van der Waals surface area contributed by atoms with Gasteiger partial charge in [0.25, 0.3) is 0 Å². The Morgan fingerprint density at radius 2 is 2.46 bits per heavy atom. The number of fused-ring (bicyclic) bond motifs is 2. The summed E-state index contributed by atoms with van der Waals surface area (Å²) in [7, 11) is 0. The maximum absolute atomic E-state index is 5.62. The third-order valence-corrected chi connectivity index (χ3v) is 3.28. The van der Waals surface area contributed by atoms with E-state index in [0.717, 1.165) is 11.9 Å². The highest BCUT2D eigenvalue weighted by atomic mass is 16.5. The van der Waals surface area contributed by atoms with Gasteiger partial charge in [-0.25, -0.2) is 0 Å². The van der Waals surface area contributed by atoms with E-state index in [9.17, 15) is 0 Å². The highest BCUT2D eigenvalue weighted by molar-refractivity contribution is 5.88. The summed E-state index contributed by atoms with van der Waals surface area (Å²) in [6, 6.07) is 0.718. The molecule has 4 heteroatoms. The summed E-state index contributed by atoms with van der Waals surface area (Å²) in [6.45, 7) is 1.98. The minimum Gasteiger partial charge on any atom is -0.453 e. The van der Waals surface area contributed by atoms with E-state index in [1.54, 1.807) is 0 Å². The zero-order chi connectivity index (χ0) is 8.89. The summed E-state index contributed by atoms with van der Waals surface area (Å²) in [6.07, 6.45) is 5.05. The summed E-state index contributed by atoms with van der Waals surface area (Å²) >= 11 is 0. The number of ether oxygens (including phenoxy) is 1. The van der Waals surface area contributed by atoms with Gasteiger partial charge in [-0.3, -0.25) is 5.43 Å². The number of hydrogen-bond donors (Lipinski definition) is 2. The smallest absolute Gasteiger partial charge is 0.228 e. The van der Waals surface area contributed by atoms with Crippen molar-refractivity contribution < 1.29 is 4.74 Å². The molecule has 2 N–H and O–H groups in total. The van der Waals surface area contributed by atoms with E-state index in [1.807, 2.05) is 6.92 Å². The first-order valence-corrected chi connectivity index (χ1v) is 5.07. The van der Waals surface area contributed by atoms with Crippen molar-refractivity contribution in [3.05, 3.63) is 0 Å². The molecular formula is C9H15N3O. The van der Waals surface area contributed by atoms with Gasteiger partial charge < -0.3 is 10.1 Å². The largest absolute Gasteiger partial charge is 0.453 e. The fourth-order valence-electron chi connectivity index (χ4n) is 2.63. The van der Waals surface area contributed by atoms with Gasteiger partial charge >= 0.3 is 0 Å². The van der Waals surface area contributed by atoms with Crippen molar-refractivity contribution in [2.45, 2.75) is 50.4 Å². The molecule has 72 valence electrons. The molecular weight excluding hydrogens is 166 g/mol. The van der Waals surface area contributed by atoms with E-state index in [1.165, 1.54) is 25.7 Å². The van der Waals surface area contributed by atoms with Crippen molar-refractivity contribution >= 4 is 5.90 Å². The van der Waals surface area contributed by atoms with Crippen molar-refractivity contribution in [2.75, 3.05) is 0 Å². The van der Waals surface area contributed by atoms with E-state index in [2.05, 4.69) is 15.8 Å². The monoisotopic (exact) mass is 181 g/mol. The highest BCUT2D eigenvalue weighted by Crippen LogP contribution is 2.40. The topological polar surface area (TPSA) is 45.7 Å². The van der Waals surface area contributed by atoms with Crippen LogP contribution in [0.25, 0.3) is 0 Å². The SMILES string of the molecule is CC1NN=C(C23CCCC(C2)N3)O1. The van der Waals surface area contributed by atoms with E-state index in [0.29, 0.717) is 0 Å². The van der Waals surface area contributed by atoms with E-state index >= 15 is 0 Å². The molecule has 3 heterocycles. The first-order chi connectivity index (χ1) is 6.28. The van der Waals surface area contributed by atoms with Crippen molar-refractivity contribution in [3.63, 3.8) is 0 Å². The van der Waals surface area contributed by atoms with Gasteiger partial charge in [0.15, 0.2) is 6.23 Å². The van der Waals surface area contributed by atoms with Crippen LogP contribution in [0.3, 0.4) is 0 Å². The predicted molar refractivity (Wildman–Crippen MR) is 49.2 cm³/mol. The fraction of sp³-hybridized carbons (Fsp3) is 0.889. The Labute approximate surface area is 77.7 Å². The highest BCUT2D eigenvalue weighted by Gasteiger charge is 2.52. The minimum atomic E-state index is 0.0483. The second-order valence-electron chi connectivity index (χ2n) is 4.33. The van der Waals surface area contributed by atoms with E-state index in [-0.39, 0.29) is 11.8 Å². The third-order valence-electron chi connectivity index (χ3n) is 3.28. The molecule has 0 aromatic heterocycles. The van der Waals surface area contributed by atoms with Crippen LogP contribution >= 0.6 is 0 Å². The van der Waals surface area contributed by atoms with Crippen molar-refractivity contribution in [1.29, 1.82) is 0 Å². The van der Waals surface area contributed by atoms with Gasteiger partial charge in [-0.1, -0.05) is 0 Å². The number of nitrogens with one attached hydrogen (secondary N) is 2. The van der Waals surface area contributed by atoms with Gasteiger partial charge in [-0.15, -0.1) is 5.10 Å². The van der Waals surface area contributed by atoms with Crippen LogP contribution in [0.4, 0.5) is 0 Å². The lowest BCUT2D eigenvalue weighted by atomic mass is 9.70. The summed E-state index contributed by atoms with van der Waals surface area (Å²) in [5.74, 6) is 0.885. The van der Waals surface area contributed by atoms with Crippen LogP contribution in [0.1, 0.15) is 32.6 Å².